The van der Waals surface area contributed by atoms with Crippen molar-refractivity contribution < 1.29 is 4.79 Å². The van der Waals surface area contributed by atoms with E-state index in [4.69, 9.17) is 0 Å². The molecule has 1 aromatic rings. The first-order chi connectivity index (χ1) is 7.33. The third-order valence-corrected chi connectivity index (χ3v) is 1.84. The van der Waals surface area contributed by atoms with Crippen LogP contribution in [0.3, 0.4) is 0 Å². The lowest BCUT2D eigenvalue weighted by atomic mass is 10.3. The highest BCUT2D eigenvalue weighted by Crippen LogP contribution is 2.11. The largest absolute Gasteiger partial charge is 0.323 e. The lowest BCUT2D eigenvalue weighted by Gasteiger charge is -2.00. The molecule has 0 aliphatic rings. The number of carbonyl (C=O) groups excluding carboxylic acids is 1. The van der Waals surface area contributed by atoms with E-state index in [1.54, 1.807) is 0 Å². The van der Waals surface area contributed by atoms with Gasteiger partial charge in [0.1, 0.15) is 0 Å². The number of para-hydroxylation sites is 1. The summed E-state index contributed by atoms with van der Waals surface area (Å²) in [5.74, 6) is 0. The maximum absolute atomic E-state index is 10.9. The molecule has 0 fully saturated rings. The van der Waals surface area contributed by atoms with Gasteiger partial charge in [-0.25, -0.2) is 0 Å². The minimum atomic E-state index is 0.0798. The molecule has 0 bridgehead atoms. The summed E-state index contributed by atoms with van der Waals surface area (Å²) in [5.41, 5.74) is 0.947. The Morgan fingerprint density at radius 2 is 1.53 bits per heavy atom. The third kappa shape index (κ3) is 9.42. The Morgan fingerprint density at radius 3 is 1.93 bits per heavy atom. The van der Waals surface area contributed by atoms with Crippen molar-refractivity contribution in [2.45, 2.75) is 27.7 Å². The van der Waals surface area contributed by atoms with Crippen molar-refractivity contribution >= 4 is 19.9 Å². The minimum Gasteiger partial charge on any atom is -0.323 e. The molecule has 1 N–H and O–H groups in total. The summed E-state index contributed by atoms with van der Waals surface area (Å²) >= 11 is 0. The summed E-state index contributed by atoms with van der Waals surface area (Å²) in [6, 6.07) is 9.46. The molecule has 1 rings (SSSR count). The monoisotopic (exact) mass is 227 g/mol. The van der Waals surface area contributed by atoms with Crippen molar-refractivity contribution in [2.24, 2.45) is 0 Å². The van der Waals surface area contributed by atoms with Gasteiger partial charge < -0.3 is 5.32 Å². The second-order valence-corrected chi connectivity index (χ2v) is 3.02. The molecule has 0 heterocycles. The molecule has 1 atom stereocenters. The Balaban J connectivity index is 0. The SMILES string of the molecule is CC.CC.CPC(=O)Nc1ccccc1. The average Bonchev–Trinajstić information content (AvgIpc) is 2.35. The van der Waals surface area contributed by atoms with E-state index in [9.17, 15) is 4.79 Å². The average molecular weight is 227 g/mol. The van der Waals surface area contributed by atoms with Crippen LogP contribution in [0.1, 0.15) is 27.7 Å². The number of benzene rings is 1. The molecule has 86 valence electrons. The van der Waals surface area contributed by atoms with Gasteiger partial charge in [0, 0.05) is 5.69 Å². The van der Waals surface area contributed by atoms with E-state index < -0.39 is 0 Å². The van der Waals surface area contributed by atoms with Gasteiger partial charge in [-0.3, -0.25) is 4.79 Å². The molecule has 0 saturated carbocycles. The molecule has 0 aliphatic carbocycles. The summed E-state index contributed by atoms with van der Waals surface area (Å²) < 4.78 is 0. The summed E-state index contributed by atoms with van der Waals surface area (Å²) in [7, 11) is 0.307. The third-order valence-electron chi connectivity index (χ3n) is 1.26. The van der Waals surface area contributed by atoms with Gasteiger partial charge in [-0.2, -0.15) is 0 Å². The van der Waals surface area contributed by atoms with Crippen LogP contribution >= 0.6 is 8.58 Å². The van der Waals surface area contributed by atoms with E-state index in [1.807, 2.05) is 64.7 Å². The zero-order valence-electron chi connectivity index (χ0n) is 10.3. The highest BCUT2D eigenvalue weighted by molar-refractivity contribution is 7.57. The minimum absolute atomic E-state index is 0.0798. The Kier molecular flexibility index (Phi) is 14.5. The maximum atomic E-state index is 10.9. The van der Waals surface area contributed by atoms with Crippen LogP contribution in [0.4, 0.5) is 10.5 Å². The van der Waals surface area contributed by atoms with Gasteiger partial charge >= 0.3 is 0 Å². The second kappa shape index (κ2) is 13.1. The van der Waals surface area contributed by atoms with Crippen LogP contribution in [0.2, 0.25) is 0 Å². The molecule has 0 aliphatic heterocycles. The Labute approximate surface area is 95.3 Å². The zero-order chi connectivity index (χ0) is 12.1. The van der Waals surface area contributed by atoms with Gasteiger partial charge in [-0.15, -0.1) is 0 Å². The molecule has 0 aromatic heterocycles. The molecule has 1 amide bonds. The van der Waals surface area contributed by atoms with Crippen LogP contribution in [-0.4, -0.2) is 12.3 Å². The number of hydrogen-bond donors (Lipinski definition) is 1. The standard InChI is InChI=1S/C8H10NOP.2C2H6/c1-11-8(10)9-7-5-3-2-4-6-7;2*1-2/h2-6,11H,1H3,(H,9,10);2*1-2H3. The fraction of sp³-hybridized carbons (Fsp3) is 0.417. The van der Waals surface area contributed by atoms with Gasteiger partial charge in [-0.1, -0.05) is 45.9 Å². The van der Waals surface area contributed by atoms with Crippen molar-refractivity contribution in [3.8, 4) is 0 Å². The molecule has 0 radical (unpaired) electrons. The fourth-order valence-corrected chi connectivity index (χ4v) is 0.984. The smallest absolute Gasteiger partial charge is 0.241 e. The first-order valence-electron chi connectivity index (χ1n) is 5.36. The van der Waals surface area contributed by atoms with Crippen molar-refractivity contribution in [3.05, 3.63) is 30.3 Å². The van der Waals surface area contributed by atoms with Crippen molar-refractivity contribution in [1.29, 1.82) is 0 Å². The van der Waals surface area contributed by atoms with E-state index >= 15 is 0 Å². The molecule has 0 saturated heterocycles. The van der Waals surface area contributed by atoms with Gasteiger partial charge in [0.25, 0.3) is 0 Å². The van der Waals surface area contributed by atoms with Gasteiger partial charge in [-0.05, 0) is 27.4 Å². The van der Waals surface area contributed by atoms with E-state index in [0.717, 1.165) is 5.69 Å². The van der Waals surface area contributed by atoms with Crippen LogP contribution in [0.25, 0.3) is 0 Å². The van der Waals surface area contributed by atoms with Crippen LogP contribution in [0, 0.1) is 0 Å². The number of rotatable bonds is 2. The molecule has 1 aromatic carbocycles. The number of anilines is 1. The lowest BCUT2D eigenvalue weighted by molar-refractivity contribution is 0.269. The normalized spacial score (nSPS) is 8.33. The molecule has 15 heavy (non-hydrogen) atoms. The highest BCUT2D eigenvalue weighted by atomic mass is 31.1. The molecular weight excluding hydrogens is 205 g/mol. The molecule has 1 unspecified atom stereocenters. The van der Waals surface area contributed by atoms with Crippen LogP contribution in [0.15, 0.2) is 30.3 Å². The van der Waals surface area contributed by atoms with E-state index in [2.05, 4.69) is 5.32 Å². The van der Waals surface area contributed by atoms with E-state index in [1.165, 1.54) is 0 Å². The van der Waals surface area contributed by atoms with Gasteiger partial charge in [0.05, 0.1) is 0 Å². The molecular formula is C12H22NOP. The summed E-state index contributed by atoms with van der Waals surface area (Å²) in [4.78, 5) is 10.9. The molecule has 2 nitrogen and oxygen atoms in total. The van der Waals surface area contributed by atoms with Crippen molar-refractivity contribution in [1.82, 2.24) is 0 Å². The van der Waals surface area contributed by atoms with Gasteiger partial charge in [0.2, 0.25) is 5.65 Å². The van der Waals surface area contributed by atoms with Crippen LogP contribution in [-0.2, 0) is 0 Å². The number of amides is 1. The summed E-state index contributed by atoms with van der Waals surface area (Å²) in [6.07, 6.45) is 0. The zero-order valence-corrected chi connectivity index (χ0v) is 11.3. The maximum Gasteiger partial charge on any atom is 0.241 e. The van der Waals surface area contributed by atoms with Crippen LogP contribution < -0.4 is 5.32 Å². The van der Waals surface area contributed by atoms with Crippen LogP contribution in [0.5, 0.6) is 0 Å². The lowest BCUT2D eigenvalue weighted by Crippen LogP contribution is -2.01. The summed E-state index contributed by atoms with van der Waals surface area (Å²) in [5, 5.41) is 2.76. The first kappa shape index (κ1) is 16.5. The van der Waals surface area contributed by atoms with E-state index in [-0.39, 0.29) is 5.65 Å². The number of nitrogens with one attached hydrogen (secondary N) is 1. The predicted octanol–water partition coefficient (Wildman–Crippen LogP) is 4.58. The first-order valence-corrected chi connectivity index (χ1v) is 6.86. The van der Waals surface area contributed by atoms with E-state index in [0.29, 0.717) is 8.58 Å². The van der Waals surface area contributed by atoms with Gasteiger partial charge in [0.15, 0.2) is 0 Å². The quantitative estimate of drug-likeness (QED) is 0.736. The second-order valence-electron chi connectivity index (χ2n) is 2.07. The fourth-order valence-electron chi connectivity index (χ4n) is 0.715. The number of carbonyl (C=O) groups is 1. The Hall–Kier alpha value is -0.880. The predicted molar refractivity (Wildman–Crippen MR) is 72.4 cm³/mol. The highest BCUT2D eigenvalue weighted by Gasteiger charge is 1.95. The molecule has 3 heteroatoms. The number of hydrogen-bond acceptors (Lipinski definition) is 1. The Bertz CT molecular complexity index is 237. The Morgan fingerprint density at radius 1 is 1.07 bits per heavy atom. The van der Waals surface area contributed by atoms with Crippen molar-refractivity contribution in [2.75, 3.05) is 12.0 Å². The molecule has 0 spiro atoms. The topological polar surface area (TPSA) is 29.1 Å². The summed E-state index contributed by atoms with van der Waals surface area (Å²) in [6.45, 7) is 9.86. The van der Waals surface area contributed by atoms with Crippen molar-refractivity contribution in [3.63, 3.8) is 0 Å².